The molecule has 1 N–H and O–H groups in total. The fraction of sp³-hybridized carbons (Fsp3) is 0.636. The highest BCUT2D eigenvalue weighted by Crippen LogP contribution is 2.28. The zero-order chi connectivity index (χ0) is 22.2. The van der Waals surface area contributed by atoms with Gasteiger partial charge in [-0.1, -0.05) is 33.1 Å². The number of nitrogens with one attached hydrogen (secondary N) is 1. The lowest BCUT2D eigenvalue weighted by molar-refractivity contribution is -0.122. The number of piperidine rings is 1. The number of carbonyl (C=O) groups is 1. The number of sulfonamides is 1. The first-order valence-electron chi connectivity index (χ1n) is 11.2. The van der Waals surface area contributed by atoms with E-state index in [1.165, 1.54) is 27.4 Å². The second-order valence-corrected chi connectivity index (χ2v) is 11.2. The quantitative estimate of drug-likeness (QED) is 0.756. The number of aromatic nitrogens is 1. The van der Waals surface area contributed by atoms with Crippen molar-refractivity contribution in [3.8, 4) is 0 Å². The second kappa shape index (κ2) is 8.78. The van der Waals surface area contributed by atoms with Crippen LogP contribution in [0.5, 0.6) is 0 Å². The van der Waals surface area contributed by atoms with E-state index in [1.54, 1.807) is 6.07 Å². The summed E-state index contributed by atoms with van der Waals surface area (Å²) in [5.41, 5.74) is 0.595. The number of rotatable bonds is 5. The molecular weight excluding hydrogens is 418 g/mol. The van der Waals surface area contributed by atoms with Crippen molar-refractivity contribution in [1.82, 2.24) is 14.2 Å². The molecule has 1 saturated heterocycles. The number of nitrogens with zero attached hydrogens (tertiary/aromatic N) is 2. The molecule has 2 heterocycles. The van der Waals surface area contributed by atoms with Gasteiger partial charge in [0.1, 0.15) is 6.54 Å². The third-order valence-electron chi connectivity index (χ3n) is 6.38. The summed E-state index contributed by atoms with van der Waals surface area (Å²) in [7, 11) is -3.68. The fourth-order valence-corrected chi connectivity index (χ4v) is 6.67. The predicted octanol–water partition coefficient (Wildman–Crippen LogP) is 2.71. The van der Waals surface area contributed by atoms with E-state index in [0.717, 1.165) is 32.1 Å². The van der Waals surface area contributed by atoms with Gasteiger partial charge in [-0.3, -0.25) is 9.36 Å². The summed E-state index contributed by atoms with van der Waals surface area (Å²) >= 11 is 0. The highest BCUT2D eigenvalue weighted by atomic mass is 32.2. The Morgan fingerprint density at radius 2 is 1.81 bits per heavy atom. The van der Waals surface area contributed by atoms with Gasteiger partial charge in [0.2, 0.25) is 15.9 Å². The molecule has 2 atom stereocenters. The van der Waals surface area contributed by atoms with E-state index < -0.39 is 15.8 Å². The Bertz CT molecular complexity index is 1100. The molecule has 1 aliphatic heterocycles. The normalized spacial score (nSPS) is 23.8. The van der Waals surface area contributed by atoms with Gasteiger partial charge in [-0.15, -0.1) is 0 Å². The number of carbonyl (C=O) groups excluding carboxylic acids is 1. The SMILES string of the molecule is C[C@@H]1C[C@@H](C)CN(S(=O)(=O)c2ccc3c(c2)oc(=O)n3CC(=O)NC2CCCCC2)C1. The van der Waals surface area contributed by atoms with Gasteiger partial charge in [-0.2, -0.15) is 4.31 Å². The van der Waals surface area contributed by atoms with E-state index in [2.05, 4.69) is 19.2 Å². The molecule has 4 rings (SSSR count). The minimum absolute atomic E-state index is 0.105. The van der Waals surface area contributed by atoms with Crippen molar-refractivity contribution in [2.45, 2.75) is 69.9 Å². The molecule has 1 aromatic heterocycles. The van der Waals surface area contributed by atoms with Crippen LogP contribution in [0.25, 0.3) is 11.1 Å². The van der Waals surface area contributed by atoms with Crippen LogP contribution in [0.4, 0.5) is 0 Å². The highest BCUT2D eigenvalue weighted by molar-refractivity contribution is 7.89. The molecule has 2 aliphatic rings. The molecule has 9 heteroatoms. The molecule has 0 unspecified atom stereocenters. The van der Waals surface area contributed by atoms with Crippen LogP contribution in [0.3, 0.4) is 0 Å². The predicted molar refractivity (Wildman–Crippen MR) is 117 cm³/mol. The van der Waals surface area contributed by atoms with Gasteiger partial charge in [0.05, 0.1) is 10.4 Å². The van der Waals surface area contributed by atoms with Crippen LogP contribution in [0.1, 0.15) is 52.4 Å². The van der Waals surface area contributed by atoms with Crippen LogP contribution >= 0.6 is 0 Å². The Morgan fingerprint density at radius 1 is 1.13 bits per heavy atom. The summed E-state index contributed by atoms with van der Waals surface area (Å²) < 4.78 is 34.4. The van der Waals surface area contributed by atoms with Crippen LogP contribution in [0.2, 0.25) is 0 Å². The topological polar surface area (TPSA) is 102 Å². The number of fused-ring (bicyclic) bond motifs is 1. The van der Waals surface area contributed by atoms with E-state index in [4.69, 9.17) is 4.42 Å². The summed E-state index contributed by atoms with van der Waals surface area (Å²) in [4.78, 5) is 24.9. The molecule has 1 aromatic carbocycles. The van der Waals surface area contributed by atoms with Gasteiger partial charge >= 0.3 is 5.76 Å². The zero-order valence-electron chi connectivity index (χ0n) is 18.2. The molecule has 8 nitrogen and oxygen atoms in total. The smallest absolute Gasteiger partial charge is 0.408 e. The van der Waals surface area contributed by atoms with Crippen molar-refractivity contribution in [1.29, 1.82) is 0 Å². The maximum atomic E-state index is 13.1. The first-order valence-corrected chi connectivity index (χ1v) is 12.6. The molecule has 1 saturated carbocycles. The monoisotopic (exact) mass is 449 g/mol. The van der Waals surface area contributed by atoms with Crippen molar-refractivity contribution in [3.05, 3.63) is 28.7 Å². The van der Waals surface area contributed by atoms with Crippen LogP contribution in [-0.4, -0.2) is 42.3 Å². The molecule has 170 valence electrons. The van der Waals surface area contributed by atoms with E-state index in [9.17, 15) is 18.0 Å². The van der Waals surface area contributed by atoms with Gasteiger partial charge in [0, 0.05) is 25.2 Å². The zero-order valence-corrected chi connectivity index (χ0v) is 19.0. The minimum atomic E-state index is -3.68. The highest BCUT2D eigenvalue weighted by Gasteiger charge is 2.32. The van der Waals surface area contributed by atoms with Crippen LogP contribution in [0.15, 0.2) is 32.3 Å². The Morgan fingerprint density at radius 3 is 2.48 bits per heavy atom. The Labute approximate surface area is 182 Å². The summed E-state index contributed by atoms with van der Waals surface area (Å²) in [5, 5.41) is 2.99. The van der Waals surface area contributed by atoms with Gasteiger partial charge in [-0.25, -0.2) is 13.2 Å². The lowest BCUT2D eigenvalue weighted by Crippen LogP contribution is -2.42. The maximum absolute atomic E-state index is 13.1. The van der Waals surface area contributed by atoms with Crippen molar-refractivity contribution in [2.24, 2.45) is 11.8 Å². The van der Waals surface area contributed by atoms with Gasteiger partial charge < -0.3 is 9.73 Å². The average Bonchev–Trinajstić information content (AvgIpc) is 3.02. The van der Waals surface area contributed by atoms with Crippen LogP contribution < -0.4 is 11.1 Å². The standard InChI is InChI=1S/C22H31N3O5S/c1-15-10-16(2)13-24(12-15)31(28,29)18-8-9-19-20(11-18)30-22(27)25(19)14-21(26)23-17-6-4-3-5-7-17/h8-9,11,15-17H,3-7,10,12-14H2,1-2H3,(H,23,26)/t15-,16-/m1/s1. The van der Waals surface area contributed by atoms with E-state index >= 15 is 0 Å². The molecule has 31 heavy (non-hydrogen) atoms. The van der Waals surface area contributed by atoms with Crippen molar-refractivity contribution in [2.75, 3.05) is 13.1 Å². The Balaban J connectivity index is 1.55. The lowest BCUT2D eigenvalue weighted by Gasteiger charge is -2.34. The summed E-state index contributed by atoms with van der Waals surface area (Å²) in [6.07, 6.45) is 6.32. The molecule has 1 amide bonds. The van der Waals surface area contributed by atoms with Crippen molar-refractivity contribution in [3.63, 3.8) is 0 Å². The Kier molecular flexibility index (Phi) is 6.25. The minimum Gasteiger partial charge on any atom is -0.408 e. The fourth-order valence-electron chi connectivity index (χ4n) is 4.97. The molecule has 0 radical (unpaired) electrons. The first-order chi connectivity index (χ1) is 14.7. The van der Waals surface area contributed by atoms with Crippen LogP contribution in [0, 0.1) is 11.8 Å². The van der Waals surface area contributed by atoms with Gasteiger partial charge in [-0.05, 0) is 43.2 Å². The Hall–Kier alpha value is -2.13. The number of hydrogen-bond donors (Lipinski definition) is 1. The number of oxazole rings is 1. The number of benzene rings is 1. The largest absolute Gasteiger partial charge is 0.420 e. The number of amides is 1. The van der Waals surface area contributed by atoms with Gasteiger partial charge in [0.15, 0.2) is 5.58 Å². The van der Waals surface area contributed by atoms with Gasteiger partial charge in [0.25, 0.3) is 0 Å². The molecular formula is C22H31N3O5S. The summed E-state index contributed by atoms with van der Waals surface area (Å²) in [6.45, 7) is 4.93. The van der Waals surface area contributed by atoms with Crippen molar-refractivity contribution < 1.29 is 17.6 Å². The second-order valence-electron chi connectivity index (χ2n) is 9.25. The molecule has 1 aliphatic carbocycles. The average molecular weight is 450 g/mol. The van der Waals surface area contributed by atoms with E-state index in [0.29, 0.717) is 30.4 Å². The molecule has 2 fully saturated rings. The molecule has 0 spiro atoms. The van der Waals surface area contributed by atoms with Crippen molar-refractivity contribution >= 4 is 27.0 Å². The molecule has 2 aromatic rings. The first kappa shape index (κ1) is 22.1. The van der Waals surface area contributed by atoms with E-state index in [1.807, 2.05) is 0 Å². The summed E-state index contributed by atoms with van der Waals surface area (Å²) in [5.74, 6) is -0.304. The third kappa shape index (κ3) is 4.72. The lowest BCUT2D eigenvalue weighted by atomic mass is 9.94. The molecule has 0 bridgehead atoms. The third-order valence-corrected chi connectivity index (χ3v) is 8.21. The summed E-state index contributed by atoms with van der Waals surface area (Å²) in [6, 6.07) is 4.59. The van der Waals surface area contributed by atoms with E-state index in [-0.39, 0.29) is 29.0 Å². The number of hydrogen-bond acceptors (Lipinski definition) is 5. The van der Waals surface area contributed by atoms with Crippen LogP contribution in [-0.2, 0) is 21.4 Å². The maximum Gasteiger partial charge on any atom is 0.420 e.